The van der Waals surface area contributed by atoms with Crippen LogP contribution in [0.1, 0.15) is 11.1 Å². The van der Waals surface area contributed by atoms with E-state index in [1.54, 1.807) is 13.2 Å². The highest BCUT2D eigenvalue weighted by Crippen LogP contribution is 2.35. The van der Waals surface area contributed by atoms with Crippen LogP contribution < -0.4 is 14.2 Å². The van der Waals surface area contributed by atoms with E-state index in [0.717, 1.165) is 17.4 Å². The van der Waals surface area contributed by atoms with E-state index in [1.165, 1.54) is 0 Å². The van der Waals surface area contributed by atoms with E-state index in [4.69, 9.17) is 14.2 Å². The Bertz CT molecular complexity index is 929. The van der Waals surface area contributed by atoms with E-state index in [1.807, 2.05) is 42.5 Å². The van der Waals surface area contributed by atoms with Gasteiger partial charge in [0.25, 0.3) is 0 Å². The Labute approximate surface area is 164 Å². The first kappa shape index (κ1) is 20.2. The van der Waals surface area contributed by atoms with Gasteiger partial charge in [0, 0.05) is 12.0 Å². The lowest BCUT2D eigenvalue weighted by molar-refractivity contribution is -0.153. The van der Waals surface area contributed by atoms with E-state index in [0.29, 0.717) is 17.9 Å². The molecule has 2 aromatic rings. The first-order valence-corrected chi connectivity index (χ1v) is 10.8. The zero-order valence-corrected chi connectivity index (χ0v) is 16.6. The van der Waals surface area contributed by atoms with Gasteiger partial charge in [-0.15, -0.1) is 0 Å². The zero-order valence-electron chi connectivity index (χ0n) is 15.8. The third-order valence-electron chi connectivity index (χ3n) is 4.35. The quantitative estimate of drug-likeness (QED) is 0.705. The lowest BCUT2D eigenvalue weighted by Crippen LogP contribution is -2.45. The first-order chi connectivity index (χ1) is 13.4. The van der Waals surface area contributed by atoms with Crippen LogP contribution in [0.2, 0.25) is 0 Å². The van der Waals surface area contributed by atoms with Gasteiger partial charge in [0.2, 0.25) is 10.0 Å². The monoisotopic (exact) mass is 405 g/mol. The Hall–Kier alpha value is -2.58. The summed E-state index contributed by atoms with van der Waals surface area (Å²) in [6.07, 6.45) is 1.18. The Morgan fingerprint density at radius 1 is 1.21 bits per heavy atom. The summed E-state index contributed by atoms with van der Waals surface area (Å²) in [5.41, 5.74) is 1.70. The second-order valence-electron chi connectivity index (χ2n) is 6.65. The molecular weight excluding hydrogens is 382 g/mol. The summed E-state index contributed by atoms with van der Waals surface area (Å²) in [5.74, 6) is 0.643. The Balaban J connectivity index is 1.71. The molecule has 28 heavy (non-hydrogen) atoms. The van der Waals surface area contributed by atoms with Crippen molar-refractivity contribution in [1.82, 2.24) is 4.72 Å². The van der Waals surface area contributed by atoms with Crippen LogP contribution in [0.25, 0.3) is 0 Å². The highest BCUT2D eigenvalue weighted by Gasteiger charge is 2.30. The van der Waals surface area contributed by atoms with Crippen molar-refractivity contribution < 1.29 is 27.4 Å². The van der Waals surface area contributed by atoms with E-state index in [9.17, 15) is 13.2 Å². The Morgan fingerprint density at radius 3 is 2.64 bits per heavy atom. The number of carbonyl (C=O) groups excluding carboxylic acids is 1. The highest BCUT2D eigenvalue weighted by molar-refractivity contribution is 7.88. The Morgan fingerprint density at radius 2 is 1.96 bits per heavy atom. The lowest BCUT2D eigenvalue weighted by Gasteiger charge is -2.27. The molecule has 3 rings (SSSR count). The maximum absolute atomic E-state index is 12.7. The van der Waals surface area contributed by atoms with Crippen molar-refractivity contribution in [3.63, 3.8) is 0 Å². The minimum atomic E-state index is -3.59. The van der Waals surface area contributed by atoms with Gasteiger partial charge in [-0.05, 0) is 18.1 Å². The largest absolute Gasteiger partial charge is 0.493 e. The molecule has 0 bridgehead atoms. The summed E-state index contributed by atoms with van der Waals surface area (Å²) in [6, 6.07) is 13.7. The molecule has 0 aliphatic carbocycles. The smallest absolute Gasteiger partial charge is 0.324 e. The second kappa shape index (κ2) is 8.62. The number of ether oxygens (including phenoxy) is 3. The number of carbonyl (C=O) groups is 1. The summed E-state index contributed by atoms with van der Waals surface area (Å²) >= 11 is 0. The van der Waals surface area contributed by atoms with Crippen molar-refractivity contribution >= 4 is 16.0 Å². The third kappa shape index (κ3) is 5.24. The fourth-order valence-corrected chi connectivity index (χ4v) is 3.83. The summed E-state index contributed by atoms with van der Waals surface area (Å²) in [6.45, 7) is 0.177. The van der Waals surface area contributed by atoms with E-state index in [2.05, 4.69) is 4.72 Å². The Kier molecular flexibility index (Phi) is 6.21. The highest BCUT2D eigenvalue weighted by atomic mass is 32.2. The number of methoxy groups -OCH3 is 1. The number of fused-ring (bicyclic) bond motifs is 1. The average molecular weight is 405 g/mol. The van der Waals surface area contributed by atoms with E-state index >= 15 is 0 Å². The van der Waals surface area contributed by atoms with E-state index in [-0.39, 0.29) is 13.0 Å². The van der Waals surface area contributed by atoms with Crippen molar-refractivity contribution in [3.05, 3.63) is 59.7 Å². The first-order valence-electron chi connectivity index (χ1n) is 8.86. The number of rotatable bonds is 7. The predicted octanol–water partition coefficient (Wildman–Crippen LogP) is 1.70. The van der Waals surface area contributed by atoms with Gasteiger partial charge in [-0.2, -0.15) is 0 Å². The van der Waals surface area contributed by atoms with Gasteiger partial charge in [0.1, 0.15) is 18.8 Å². The minimum absolute atomic E-state index is 0.177. The third-order valence-corrected chi connectivity index (χ3v) is 5.06. The second-order valence-corrected chi connectivity index (χ2v) is 8.43. The molecule has 0 fully saturated rings. The van der Waals surface area contributed by atoms with Crippen LogP contribution in [-0.2, 0) is 32.4 Å². The molecule has 0 aromatic heterocycles. The molecule has 0 saturated carbocycles. The van der Waals surface area contributed by atoms with Gasteiger partial charge in [0.05, 0.1) is 13.4 Å². The number of nitrogens with one attached hydrogen (secondary N) is 1. The summed E-state index contributed by atoms with van der Waals surface area (Å²) in [7, 11) is -2.02. The minimum Gasteiger partial charge on any atom is -0.493 e. The molecule has 2 aromatic carbocycles. The molecule has 0 saturated heterocycles. The van der Waals surface area contributed by atoms with Crippen molar-refractivity contribution in [3.8, 4) is 11.5 Å². The van der Waals surface area contributed by atoms with Gasteiger partial charge in [-0.1, -0.05) is 42.5 Å². The van der Waals surface area contributed by atoms with Gasteiger partial charge >= 0.3 is 5.97 Å². The molecule has 1 N–H and O–H groups in total. The number of esters is 1. The molecule has 0 unspecified atom stereocenters. The number of sulfonamides is 1. The van der Waals surface area contributed by atoms with Crippen molar-refractivity contribution in [2.45, 2.75) is 25.0 Å². The molecule has 0 amide bonds. The van der Waals surface area contributed by atoms with Gasteiger partial charge in [-0.25, -0.2) is 13.1 Å². The molecule has 1 aliphatic rings. The maximum Gasteiger partial charge on any atom is 0.324 e. The topological polar surface area (TPSA) is 90.9 Å². The van der Waals surface area contributed by atoms with Crippen LogP contribution in [0.15, 0.2) is 48.5 Å². The predicted molar refractivity (Wildman–Crippen MR) is 104 cm³/mol. The normalized spacial score (nSPS) is 17.1. The molecule has 0 spiro atoms. The van der Waals surface area contributed by atoms with Gasteiger partial charge < -0.3 is 14.2 Å². The van der Waals surface area contributed by atoms with Crippen molar-refractivity contribution in [1.29, 1.82) is 0 Å². The molecule has 7 nitrogen and oxygen atoms in total. The molecule has 0 radical (unpaired) electrons. The SMILES string of the molecule is COc1cccc2c1OC[C@@H](OC(=O)[C@H](Cc1ccccc1)NS(C)(=O)=O)C2. The average Bonchev–Trinajstić information content (AvgIpc) is 2.66. The fourth-order valence-electron chi connectivity index (χ4n) is 3.13. The van der Waals surface area contributed by atoms with E-state index < -0.39 is 28.1 Å². The van der Waals surface area contributed by atoms with Crippen LogP contribution in [-0.4, -0.2) is 46.5 Å². The van der Waals surface area contributed by atoms with Crippen LogP contribution >= 0.6 is 0 Å². The number of hydrogen-bond donors (Lipinski definition) is 1. The lowest BCUT2D eigenvalue weighted by atomic mass is 10.0. The van der Waals surface area contributed by atoms with Crippen LogP contribution in [0.3, 0.4) is 0 Å². The van der Waals surface area contributed by atoms with Crippen LogP contribution in [0.4, 0.5) is 0 Å². The van der Waals surface area contributed by atoms with Crippen LogP contribution in [0.5, 0.6) is 11.5 Å². The van der Waals surface area contributed by atoms with Gasteiger partial charge in [-0.3, -0.25) is 4.79 Å². The number of para-hydroxylation sites is 1. The van der Waals surface area contributed by atoms with Gasteiger partial charge in [0.15, 0.2) is 11.5 Å². The van der Waals surface area contributed by atoms with Crippen LogP contribution in [0, 0.1) is 0 Å². The molecule has 2 atom stereocenters. The van der Waals surface area contributed by atoms with Crippen molar-refractivity contribution in [2.75, 3.05) is 20.0 Å². The molecule has 1 aliphatic heterocycles. The molecule has 150 valence electrons. The fraction of sp³-hybridized carbons (Fsp3) is 0.350. The molecular formula is C20H23NO6S. The number of benzene rings is 2. The molecule has 1 heterocycles. The number of hydrogen-bond acceptors (Lipinski definition) is 6. The zero-order chi connectivity index (χ0) is 20.1. The summed E-state index contributed by atoms with van der Waals surface area (Å²) in [5, 5.41) is 0. The van der Waals surface area contributed by atoms with Crippen molar-refractivity contribution in [2.24, 2.45) is 0 Å². The summed E-state index contributed by atoms with van der Waals surface area (Å²) in [4.78, 5) is 12.7. The summed E-state index contributed by atoms with van der Waals surface area (Å²) < 4.78 is 42.3. The maximum atomic E-state index is 12.7. The standard InChI is InChI=1S/C20H23NO6S/c1-25-18-10-6-9-15-12-16(13-26-19(15)18)27-20(22)17(21-28(2,23)24)11-14-7-4-3-5-8-14/h3-10,16-17,21H,11-13H2,1-2H3/t16-,17-/m0/s1. The molecule has 8 heteroatoms.